The van der Waals surface area contributed by atoms with Crippen molar-refractivity contribution in [3.05, 3.63) is 81.9 Å². The van der Waals surface area contributed by atoms with Crippen LogP contribution in [-0.4, -0.2) is 27.8 Å². The highest BCUT2D eigenvalue weighted by Gasteiger charge is 2.14. The monoisotopic (exact) mass is 436 g/mol. The largest absolute Gasteiger partial charge is 0.496 e. The second kappa shape index (κ2) is 9.06. The molecule has 0 aliphatic carbocycles. The minimum Gasteiger partial charge on any atom is -0.496 e. The Bertz CT molecular complexity index is 1200. The van der Waals surface area contributed by atoms with Gasteiger partial charge in [0, 0.05) is 17.7 Å². The topological polar surface area (TPSA) is 71.9 Å². The Morgan fingerprint density at radius 1 is 1.20 bits per heavy atom. The van der Waals surface area contributed by atoms with Crippen LogP contribution in [0.5, 0.6) is 5.75 Å². The number of nitrogens with zero attached hydrogens (tertiary/aromatic N) is 2. The van der Waals surface area contributed by atoms with Gasteiger partial charge in [0.2, 0.25) is 5.91 Å². The van der Waals surface area contributed by atoms with Gasteiger partial charge < -0.3 is 10.1 Å². The molecular formula is C22H20N4O2S2. The van der Waals surface area contributed by atoms with Crippen LogP contribution in [0, 0.1) is 4.77 Å². The maximum absolute atomic E-state index is 12.7. The summed E-state index contributed by atoms with van der Waals surface area (Å²) in [5, 5.41) is 12.0. The molecule has 0 aliphatic rings. The highest BCUT2D eigenvalue weighted by atomic mass is 32.1. The second-order valence-electron chi connectivity index (χ2n) is 6.65. The molecule has 0 atom stereocenters. The van der Waals surface area contributed by atoms with Crippen molar-refractivity contribution in [2.75, 3.05) is 12.4 Å². The van der Waals surface area contributed by atoms with E-state index in [1.54, 1.807) is 23.0 Å². The number of nitrogens with one attached hydrogen (secondary N) is 2. The van der Waals surface area contributed by atoms with Crippen LogP contribution in [0.25, 0.3) is 10.7 Å². The van der Waals surface area contributed by atoms with E-state index in [0.717, 1.165) is 16.2 Å². The molecule has 0 radical (unpaired) electrons. The van der Waals surface area contributed by atoms with Crippen LogP contribution in [0.4, 0.5) is 5.69 Å². The van der Waals surface area contributed by atoms with E-state index in [1.165, 1.54) is 5.56 Å². The number of methoxy groups -OCH3 is 1. The van der Waals surface area contributed by atoms with Crippen molar-refractivity contribution >= 4 is 35.1 Å². The molecule has 1 amide bonds. The van der Waals surface area contributed by atoms with E-state index in [0.29, 0.717) is 22.7 Å². The van der Waals surface area contributed by atoms with Crippen molar-refractivity contribution in [3.8, 4) is 16.5 Å². The van der Waals surface area contributed by atoms with E-state index in [4.69, 9.17) is 17.0 Å². The number of H-pyrrole nitrogens is 1. The van der Waals surface area contributed by atoms with Crippen molar-refractivity contribution in [1.29, 1.82) is 0 Å². The second-order valence-corrected chi connectivity index (χ2v) is 7.99. The number of hydrogen-bond acceptors (Lipinski definition) is 5. The number of aromatic amines is 1. The summed E-state index contributed by atoms with van der Waals surface area (Å²) in [7, 11) is 1.65. The van der Waals surface area contributed by atoms with Crippen LogP contribution in [-0.2, 0) is 17.8 Å². The maximum Gasteiger partial charge on any atom is 0.244 e. The average molecular weight is 437 g/mol. The number of benzene rings is 2. The maximum atomic E-state index is 12.7. The summed E-state index contributed by atoms with van der Waals surface area (Å²) in [6.45, 7) is 0.0720. The fourth-order valence-corrected chi connectivity index (χ4v) is 4.13. The Hall–Kier alpha value is -3.23. The Kier molecular flexibility index (Phi) is 6.06. The van der Waals surface area contributed by atoms with Gasteiger partial charge in [0.15, 0.2) is 10.6 Å². The van der Waals surface area contributed by atoms with Gasteiger partial charge in [-0.05, 0) is 47.4 Å². The van der Waals surface area contributed by atoms with E-state index in [9.17, 15) is 4.79 Å². The molecule has 0 saturated carbocycles. The van der Waals surface area contributed by atoms with E-state index in [2.05, 4.69) is 27.6 Å². The van der Waals surface area contributed by atoms with Crippen molar-refractivity contribution < 1.29 is 9.53 Å². The van der Waals surface area contributed by atoms with Crippen LogP contribution in [0.2, 0.25) is 0 Å². The first-order valence-corrected chi connectivity index (χ1v) is 10.6. The van der Waals surface area contributed by atoms with Gasteiger partial charge >= 0.3 is 0 Å². The van der Waals surface area contributed by atoms with Crippen LogP contribution in [0.1, 0.15) is 11.1 Å². The lowest BCUT2D eigenvalue weighted by atomic mass is 10.0. The summed E-state index contributed by atoms with van der Waals surface area (Å²) in [6, 6.07) is 19.7. The minimum absolute atomic E-state index is 0.0720. The van der Waals surface area contributed by atoms with Gasteiger partial charge in [0.1, 0.15) is 12.3 Å². The van der Waals surface area contributed by atoms with E-state index < -0.39 is 0 Å². The molecule has 2 heterocycles. The predicted octanol–water partition coefficient (Wildman–Crippen LogP) is 4.91. The molecule has 8 heteroatoms. The average Bonchev–Trinajstić information content (AvgIpc) is 3.39. The van der Waals surface area contributed by atoms with E-state index >= 15 is 0 Å². The van der Waals surface area contributed by atoms with Crippen molar-refractivity contribution in [2.24, 2.45) is 0 Å². The molecule has 30 heavy (non-hydrogen) atoms. The zero-order valence-corrected chi connectivity index (χ0v) is 17.9. The Morgan fingerprint density at radius 3 is 2.77 bits per heavy atom. The van der Waals surface area contributed by atoms with Crippen molar-refractivity contribution in [3.63, 3.8) is 0 Å². The number of hydrogen-bond donors (Lipinski definition) is 2. The van der Waals surface area contributed by atoms with Gasteiger partial charge in [-0.2, -0.15) is 5.10 Å². The fraction of sp³-hybridized carbons (Fsp3) is 0.136. The summed E-state index contributed by atoms with van der Waals surface area (Å²) < 4.78 is 7.60. The lowest BCUT2D eigenvalue weighted by Crippen LogP contribution is -2.19. The molecule has 152 valence electrons. The van der Waals surface area contributed by atoms with Crippen molar-refractivity contribution in [1.82, 2.24) is 14.8 Å². The van der Waals surface area contributed by atoms with Crippen LogP contribution >= 0.6 is 23.6 Å². The third-order valence-electron chi connectivity index (χ3n) is 4.60. The molecule has 2 aromatic heterocycles. The molecule has 2 aromatic carbocycles. The first kappa shape index (κ1) is 20.1. The zero-order chi connectivity index (χ0) is 20.9. The molecule has 6 nitrogen and oxygen atoms in total. The zero-order valence-electron chi connectivity index (χ0n) is 16.3. The Morgan fingerprint density at radius 2 is 2.03 bits per heavy atom. The molecule has 0 unspecified atom stereocenters. The number of amides is 1. The van der Waals surface area contributed by atoms with Crippen LogP contribution in [0.3, 0.4) is 0 Å². The number of carbonyl (C=O) groups excluding carboxylic acids is 1. The standard InChI is InChI=1S/C22H20N4O2S2/c1-28-18-10-9-17(13-16(18)12-15-6-3-2-4-7-15)23-20(27)14-26-21(24-25-22(26)29)19-8-5-11-30-19/h2-11,13H,12,14H2,1H3,(H,23,27)(H,25,29). The van der Waals surface area contributed by atoms with Crippen LogP contribution in [0.15, 0.2) is 66.0 Å². The molecule has 2 N–H and O–H groups in total. The summed E-state index contributed by atoms with van der Waals surface area (Å²) in [6.07, 6.45) is 0.711. The number of anilines is 1. The van der Waals surface area contributed by atoms with Crippen LogP contribution < -0.4 is 10.1 Å². The van der Waals surface area contributed by atoms with Gasteiger partial charge in [-0.25, -0.2) is 0 Å². The van der Waals surface area contributed by atoms with Gasteiger partial charge in [0.05, 0.1) is 12.0 Å². The van der Waals surface area contributed by atoms with E-state index in [1.807, 2.05) is 53.9 Å². The third-order valence-corrected chi connectivity index (χ3v) is 5.78. The molecule has 0 fully saturated rings. The van der Waals surface area contributed by atoms with Crippen molar-refractivity contribution in [2.45, 2.75) is 13.0 Å². The first-order valence-electron chi connectivity index (χ1n) is 9.34. The number of carbonyl (C=O) groups is 1. The number of aromatic nitrogens is 3. The summed E-state index contributed by atoms with van der Waals surface area (Å²) >= 11 is 6.86. The predicted molar refractivity (Wildman–Crippen MR) is 122 cm³/mol. The lowest BCUT2D eigenvalue weighted by Gasteiger charge is -2.12. The molecule has 0 saturated heterocycles. The highest BCUT2D eigenvalue weighted by Crippen LogP contribution is 2.26. The summed E-state index contributed by atoms with van der Waals surface area (Å²) in [5.74, 6) is 1.26. The Balaban J connectivity index is 1.52. The number of ether oxygens (including phenoxy) is 1. The van der Waals surface area contributed by atoms with E-state index in [-0.39, 0.29) is 12.5 Å². The minimum atomic E-state index is -0.180. The van der Waals surface area contributed by atoms with Gasteiger partial charge in [-0.3, -0.25) is 14.5 Å². The number of thiophene rings is 1. The quantitative estimate of drug-likeness (QED) is 0.404. The molecule has 0 bridgehead atoms. The molecule has 0 aliphatic heterocycles. The molecule has 4 aromatic rings. The normalized spacial score (nSPS) is 10.7. The lowest BCUT2D eigenvalue weighted by molar-refractivity contribution is -0.116. The van der Waals surface area contributed by atoms with Gasteiger partial charge in [0.25, 0.3) is 0 Å². The molecule has 4 rings (SSSR count). The summed E-state index contributed by atoms with van der Waals surface area (Å²) in [4.78, 5) is 13.7. The SMILES string of the molecule is COc1ccc(NC(=O)Cn2c(-c3cccs3)n[nH]c2=S)cc1Cc1ccccc1. The smallest absolute Gasteiger partial charge is 0.244 e. The molecule has 0 spiro atoms. The number of rotatable bonds is 7. The molecular weight excluding hydrogens is 416 g/mol. The van der Waals surface area contributed by atoms with Gasteiger partial charge in [-0.1, -0.05) is 36.4 Å². The first-order chi connectivity index (χ1) is 14.6. The third kappa shape index (κ3) is 4.50. The Labute approximate surface area is 183 Å². The fourth-order valence-electron chi connectivity index (χ4n) is 3.21. The summed E-state index contributed by atoms with van der Waals surface area (Å²) in [5.41, 5.74) is 2.88. The van der Waals surface area contributed by atoms with Gasteiger partial charge in [-0.15, -0.1) is 11.3 Å². The highest BCUT2D eigenvalue weighted by molar-refractivity contribution is 7.71.